The third kappa shape index (κ3) is 2.92. The van der Waals surface area contributed by atoms with Gasteiger partial charge < -0.3 is 14.1 Å². The molecule has 88 valence electrons. The van der Waals surface area contributed by atoms with Crippen LogP contribution in [0.15, 0.2) is 10.6 Å². The zero-order valence-corrected chi connectivity index (χ0v) is 9.69. The van der Waals surface area contributed by atoms with Crippen LogP contribution in [0.1, 0.15) is 24.5 Å². The maximum Gasteiger partial charge on any atom is 0.194 e. The Morgan fingerprint density at radius 3 is 3.31 bits per heavy atom. The molecule has 16 heavy (non-hydrogen) atoms. The van der Waals surface area contributed by atoms with Gasteiger partial charge in [-0.2, -0.15) is 0 Å². The van der Waals surface area contributed by atoms with Gasteiger partial charge in [-0.25, -0.2) is 4.98 Å². The van der Waals surface area contributed by atoms with Crippen molar-refractivity contribution in [2.45, 2.75) is 25.7 Å². The average Bonchev–Trinajstić information content (AvgIpc) is 2.66. The molecule has 1 aliphatic rings. The van der Waals surface area contributed by atoms with Crippen LogP contribution in [0.25, 0.3) is 0 Å². The van der Waals surface area contributed by atoms with Crippen LogP contribution in [-0.4, -0.2) is 36.3 Å². The fraction of sp³-hybridized carbons (Fsp3) is 0.667. The monoisotopic (exact) mass is 222 g/mol. The highest BCUT2D eigenvalue weighted by Gasteiger charge is 2.19. The smallest absolute Gasteiger partial charge is 0.194 e. The molecule has 2 rings (SSSR count). The second-order valence-corrected chi connectivity index (χ2v) is 4.57. The molecular formula is C12H18N2O2. The fourth-order valence-electron chi connectivity index (χ4n) is 2.31. The molecule has 0 N–H and O–H groups in total. The first kappa shape index (κ1) is 11.3. The second-order valence-electron chi connectivity index (χ2n) is 4.57. The van der Waals surface area contributed by atoms with Crippen LogP contribution in [0.4, 0.5) is 0 Å². The molecule has 1 aromatic rings. The van der Waals surface area contributed by atoms with E-state index < -0.39 is 0 Å². The number of piperidine rings is 1. The van der Waals surface area contributed by atoms with Gasteiger partial charge in [-0.05, 0) is 32.4 Å². The van der Waals surface area contributed by atoms with Crippen LogP contribution in [-0.2, 0) is 17.6 Å². The van der Waals surface area contributed by atoms with E-state index in [2.05, 4.69) is 16.9 Å². The first-order valence-corrected chi connectivity index (χ1v) is 5.83. The molecule has 1 aromatic heterocycles. The summed E-state index contributed by atoms with van der Waals surface area (Å²) >= 11 is 0. The number of nitrogens with zero attached hydrogens (tertiary/aromatic N) is 2. The minimum atomic E-state index is 0.331. The maximum atomic E-state index is 10.3. The normalized spacial score (nSPS) is 22.2. The maximum absolute atomic E-state index is 10.3. The summed E-state index contributed by atoms with van der Waals surface area (Å²) in [5.74, 6) is 2.09. The number of aldehydes is 1. The van der Waals surface area contributed by atoms with Gasteiger partial charge in [0.15, 0.2) is 5.89 Å². The number of oxazole rings is 1. The van der Waals surface area contributed by atoms with Gasteiger partial charge in [-0.3, -0.25) is 0 Å². The molecule has 0 radical (unpaired) electrons. The zero-order chi connectivity index (χ0) is 11.4. The van der Waals surface area contributed by atoms with Gasteiger partial charge in [-0.1, -0.05) is 0 Å². The number of likely N-dealkylation sites (tertiary alicyclic amines) is 1. The van der Waals surface area contributed by atoms with Crippen molar-refractivity contribution in [1.29, 1.82) is 0 Å². The molecule has 4 nitrogen and oxygen atoms in total. The second kappa shape index (κ2) is 5.25. The molecule has 2 heterocycles. The number of carbonyl (C=O) groups is 1. The van der Waals surface area contributed by atoms with Crippen molar-refractivity contribution in [3.05, 3.63) is 17.8 Å². The van der Waals surface area contributed by atoms with E-state index in [1.807, 2.05) is 0 Å². The van der Waals surface area contributed by atoms with Crippen molar-refractivity contribution in [2.75, 3.05) is 20.1 Å². The third-order valence-electron chi connectivity index (χ3n) is 3.07. The lowest BCUT2D eigenvalue weighted by atomic mass is 9.95. The third-order valence-corrected chi connectivity index (χ3v) is 3.07. The Kier molecular flexibility index (Phi) is 3.72. The Balaban J connectivity index is 1.89. The summed E-state index contributed by atoms with van der Waals surface area (Å²) in [5.41, 5.74) is 0. The highest BCUT2D eigenvalue weighted by Crippen LogP contribution is 2.19. The van der Waals surface area contributed by atoms with Crippen LogP contribution < -0.4 is 0 Å². The summed E-state index contributed by atoms with van der Waals surface area (Å²) in [5, 5.41) is 0. The zero-order valence-electron chi connectivity index (χ0n) is 9.69. The number of aromatic nitrogens is 1. The fourth-order valence-corrected chi connectivity index (χ4v) is 2.31. The largest absolute Gasteiger partial charge is 0.445 e. The van der Waals surface area contributed by atoms with E-state index >= 15 is 0 Å². The molecule has 0 bridgehead atoms. The van der Waals surface area contributed by atoms with E-state index in [9.17, 15) is 4.79 Å². The van der Waals surface area contributed by atoms with Gasteiger partial charge >= 0.3 is 0 Å². The molecule has 1 atom stereocenters. The summed E-state index contributed by atoms with van der Waals surface area (Å²) < 4.78 is 5.50. The summed E-state index contributed by atoms with van der Waals surface area (Å²) in [6.45, 7) is 2.31. The van der Waals surface area contributed by atoms with Gasteiger partial charge in [0.2, 0.25) is 0 Å². The molecule has 1 unspecified atom stereocenters. The van der Waals surface area contributed by atoms with E-state index in [1.165, 1.54) is 19.4 Å². The lowest BCUT2D eigenvalue weighted by Crippen LogP contribution is -2.33. The van der Waals surface area contributed by atoms with Gasteiger partial charge in [0.05, 0.1) is 12.6 Å². The Hall–Kier alpha value is -1.16. The van der Waals surface area contributed by atoms with E-state index in [0.717, 1.165) is 25.1 Å². The summed E-state index contributed by atoms with van der Waals surface area (Å²) in [6, 6.07) is 0. The molecule has 0 spiro atoms. The van der Waals surface area contributed by atoms with Crippen molar-refractivity contribution in [3.8, 4) is 0 Å². The molecule has 1 aliphatic heterocycles. The van der Waals surface area contributed by atoms with Crippen molar-refractivity contribution < 1.29 is 9.21 Å². The van der Waals surface area contributed by atoms with Crippen LogP contribution in [0.3, 0.4) is 0 Å². The number of carbonyl (C=O) groups excluding carboxylic acids is 1. The lowest BCUT2D eigenvalue weighted by Gasteiger charge is -2.28. The molecular weight excluding hydrogens is 204 g/mol. The Morgan fingerprint density at radius 2 is 2.56 bits per heavy atom. The van der Waals surface area contributed by atoms with E-state index in [0.29, 0.717) is 18.1 Å². The SMILES string of the molecule is CN1CCCC(Cc2ncc(CC=O)o2)C1. The quantitative estimate of drug-likeness (QED) is 0.720. The van der Waals surface area contributed by atoms with Gasteiger partial charge in [0, 0.05) is 13.0 Å². The number of hydrogen-bond acceptors (Lipinski definition) is 4. The standard InChI is InChI=1S/C12H18N2O2/c1-14-5-2-3-10(9-14)7-12-13-8-11(16-12)4-6-15/h6,8,10H,2-5,7,9H2,1H3. The Bertz CT molecular complexity index is 349. The summed E-state index contributed by atoms with van der Waals surface area (Å²) in [6.07, 6.45) is 6.23. The number of rotatable bonds is 4. The van der Waals surface area contributed by atoms with Gasteiger partial charge in [0.1, 0.15) is 12.0 Å². The molecule has 0 saturated carbocycles. The first-order chi connectivity index (χ1) is 7.78. The molecule has 1 saturated heterocycles. The van der Waals surface area contributed by atoms with Crippen molar-refractivity contribution in [3.63, 3.8) is 0 Å². The molecule has 0 aromatic carbocycles. The van der Waals surface area contributed by atoms with E-state index in [4.69, 9.17) is 4.42 Å². The lowest BCUT2D eigenvalue weighted by molar-refractivity contribution is -0.107. The average molecular weight is 222 g/mol. The minimum Gasteiger partial charge on any atom is -0.445 e. The van der Waals surface area contributed by atoms with Crippen molar-refractivity contribution in [2.24, 2.45) is 5.92 Å². The van der Waals surface area contributed by atoms with Crippen LogP contribution >= 0.6 is 0 Å². The summed E-state index contributed by atoms with van der Waals surface area (Å²) in [4.78, 5) is 16.9. The summed E-state index contributed by atoms with van der Waals surface area (Å²) in [7, 11) is 2.15. The number of hydrogen-bond donors (Lipinski definition) is 0. The topological polar surface area (TPSA) is 46.3 Å². The molecule has 0 amide bonds. The van der Waals surface area contributed by atoms with Crippen LogP contribution in [0.5, 0.6) is 0 Å². The van der Waals surface area contributed by atoms with E-state index in [1.54, 1.807) is 6.20 Å². The predicted octanol–water partition coefficient (Wildman–Crippen LogP) is 1.30. The molecule has 0 aliphatic carbocycles. The van der Waals surface area contributed by atoms with E-state index in [-0.39, 0.29) is 0 Å². The van der Waals surface area contributed by atoms with Crippen molar-refractivity contribution in [1.82, 2.24) is 9.88 Å². The Morgan fingerprint density at radius 1 is 1.69 bits per heavy atom. The predicted molar refractivity (Wildman–Crippen MR) is 60.2 cm³/mol. The Labute approximate surface area is 95.6 Å². The van der Waals surface area contributed by atoms with Gasteiger partial charge in [-0.15, -0.1) is 0 Å². The van der Waals surface area contributed by atoms with Crippen LogP contribution in [0, 0.1) is 5.92 Å². The highest BCUT2D eigenvalue weighted by molar-refractivity contribution is 5.52. The highest BCUT2D eigenvalue weighted by atomic mass is 16.4. The van der Waals surface area contributed by atoms with Crippen LogP contribution in [0.2, 0.25) is 0 Å². The van der Waals surface area contributed by atoms with Gasteiger partial charge in [0.25, 0.3) is 0 Å². The molecule has 1 fully saturated rings. The molecule has 4 heteroatoms. The minimum absolute atomic E-state index is 0.331. The first-order valence-electron chi connectivity index (χ1n) is 5.83. The van der Waals surface area contributed by atoms with Crippen molar-refractivity contribution >= 4 is 6.29 Å².